The molecule has 0 heterocycles. The molecule has 0 unspecified atom stereocenters. The molecule has 32 valence electrons. The van der Waals surface area contributed by atoms with E-state index < -0.39 is 0 Å². The number of hydrogen-bond donors (Lipinski definition) is 0. The largest absolute Gasteiger partial charge is 2.00 e. The summed E-state index contributed by atoms with van der Waals surface area (Å²) in [5, 5.41) is 0. The summed E-state index contributed by atoms with van der Waals surface area (Å²) in [7, 11) is 0. The minimum absolute atomic E-state index is 0. The standard InChI is InChI=1S/Ca.Cd.4ClH/h;;4*1H/q2*+2;;;;/p-4. The third kappa shape index (κ3) is 26.4. The molecular formula is CaCdCl4. The van der Waals surface area contributed by atoms with Crippen molar-refractivity contribution in [2.45, 2.75) is 0 Å². The van der Waals surface area contributed by atoms with Crippen LogP contribution in [0.5, 0.6) is 0 Å². The Morgan fingerprint density at radius 2 is 0.500 bits per heavy atom. The summed E-state index contributed by atoms with van der Waals surface area (Å²) in [6.45, 7) is 0. The fourth-order valence-electron chi connectivity index (χ4n) is 0. The third-order valence-electron chi connectivity index (χ3n) is 0. The van der Waals surface area contributed by atoms with Crippen LogP contribution in [0.15, 0.2) is 0 Å². The van der Waals surface area contributed by atoms with E-state index in [1.54, 1.807) is 0 Å². The summed E-state index contributed by atoms with van der Waals surface area (Å²) in [4.78, 5) is 0. The first-order chi connectivity index (χ1) is 0. The van der Waals surface area contributed by atoms with E-state index >= 15 is 0 Å². The molecule has 0 rings (SSSR count). The van der Waals surface area contributed by atoms with Gasteiger partial charge in [-0.1, -0.05) is 0 Å². The minimum atomic E-state index is 0. The van der Waals surface area contributed by atoms with Gasteiger partial charge in [0, 0.05) is 0 Å². The van der Waals surface area contributed by atoms with Gasteiger partial charge in [-0.05, 0) is 0 Å². The first-order valence-electron chi connectivity index (χ1n) is 0. The van der Waals surface area contributed by atoms with Crippen molar-refractivity contribution < 1.29 is 76.9 Å². The molecule has 0 aliphatic heterocycles. The normalized spacial score (nSPS) is 0. The van der Waals surface area contributed by atoms with E-state index in [0.717, 1.165) is 0 Å². The molecule has 0 spiro atoms. The van der Waals surface area contributed by atoms with Crippen molar-refractivity contribution in [2.75, 3.05) is 0 Å². The van der Waals surface area contributed by atoms with Crippen LogP contribution >= 0.6 is 0 Å². The van der Waals surface area contributed by atoms with Gasteiger partial charge < -0.3 is 49.6 Å². The van der Waals surface area contributed by atoms with Gasteiger partial charge in [-0.3, -0.25) is 0 Å². The minimum Gasteiger partial charge on any atom is -1.00 e. The predicted molar refractivity (Wildman–Crippen MR) is 5.75 cm³/mol. The van der Waals surface area contributed by atoms with Gasteiger partial charge in [0.05, 0.1) is 0 Å². The molecule has 0 aromatic rings. The summed E-state index contributed by atoms with van der Waals surface area (Å²) in [6, 6.07) is 0. The SMILES string of the molecule is [Ca+2].[Cd+2].[Cl-].[Cl-].[Cl-].[Cl-]. The summed E-state index contributed by atoms with van der Waals surface area (Å²) in [5.74, 6) is 0. The van der Waals surface area contributed by atoms with Crippen LogP contribution in [-0.4, -0.2) is 37.7 Å². The van der Waals surface area contributed by atoms with Crippen LogP contribution in [0.2, 0.25) is 0 Å². The van der Waals surface area contributed by atoms with E-state index in [4.69, 9.17) is 0 Å². The monoisotopic (exact) mass is 294 g/mol. The van der Waals surface area contributed by atoms with Crippen molar-refractivity contribution >= 4 is 37.7 Å². The summed E-state index contributed by atoms with van der Waals surface area (Å²) in [6.07, 6.45) is 0. The maximum atomic E-state index is 0. The summed E-state index contributed by atoms with van der Waals surface area (Å²) < 4.78 is 0. The molecule has 0 nitrogen and oxygen atoms in total. The van der Waals surface area contributed by atoms with Gasteiger partial charge >= 0.3 is 65.0 Å². The molecule has 0 aliphatic rings. The number of hydrogen-bond acceptors (Lipinski definition) is 0. The van der Waals surface area contributed by atoms with Crippen molar-refractivity contribution in [3.63, 3.8) is 0 Å². The van der Waals surface area contributed by atoms with Crippen LogP contribution in [0.4, 0.5) is 0 Å². The Hall–Kier alpha value is 3.34. The molecule has 0 aliphatic carbocycles. The third-order valence-corrected chi connectivity index (χ3v) is 0. The van der Waals surface area contributed by atoms with Crippen LogP contribution < -0.4 is 49.6 Å². The van der Waals surface area contributed by atoms with E-state index in [0.29, 0.717) is 0 Å². The molecule has 6 heavy (non-hydrogen) atoms. The molecular weight excluding hydrogens is 294 g/mol. The van der Waals surface area contributed by atoms with Crippen LogP contribution in [0.25, 0.3) is 0 Å². The van der Waals surface area contributed by atoms with Crippen molar-refractivity contribution in [1.29, 1.82) is 0 Å². The molecule has 0 amide bonds. The van der Waals surface area contributed by atoms with E-state index in [1.165, 1.54) is 0 Å². The Bertz CT molecular complexity index is 7.51. The van der Waals surface area contributed by atoms with Crippen LogP contribution in [0, 0.1) is 0 Å². The van der Waals surface area contributed by atoms with E-state index in [9.17, 15) is 0 Å². The van der Waals surface area contributed by atoms with Gasteiger partial charge in [0.2, 0.25) is 0 Å². The predicted octanol–water partition coefficient (Wildman–Crippen LogP) is -12.4. The quantitative estimate of drug-likeness (QED) is 0.389. The maximum Gasteiger partial charge on any atom is 2.00 e. The van der Waals surface area contributed by atoms with Gasteiger partial charge in [0.15, 0.2) is 0 Å². The smallest absolute Gasteiger partial charge is 1.00 e. The van der Waals surface area contributed by atoms with Crippen molar-refractivity contribution in [1.82, 2.24) is 0 Å². The molecule has 0 saturated carbocycles. The van der Waals surface area contributed by atoms with Crippen LogP contribution in [-0.2, 0) is 27.3 Å². The van der Waals surface area contributed by atoms with Crippen molar-refractivity contribution in [3.8, 4) is 0 Å². The second-order valence-corrected chi connectivity index (χ2v) is 0. The second kappa shape index (κ2) is 40.3. The zero-order valence-corrected chi connectivity index (χ0v) is 12.2. The molecule has 0 fully saturated rings. The first kappa shape index (κ1) is 58.2. The van der Waals surface area contributed by atoms with Gasteiger partial charge in [-0.2, -0.15) is 0 Å². The maximum absolute atomic E-state index is 0. The van der Waals surface area contributed by atoms with Gasteiger partial charge in [-0.25, -0.2) is 0 Å². The molecule has 0 bridgehead atoms. The van der Waals surface area contributed by atoms with E-state index in [1.807, 2.05) is 0 Å². The first-order valence-corrected chi connectivity index (χ1v) is 0. The average molecular weight is 294 g/mol. The second-order valence-electron chi connectivity index (χ2n) is 0. The van der Waals surface area contributed by atoms with Gasteiger partial charge in [0.25, 0.3) is 0 Å². The Kier molecular flexibility index (Phi) is 391. The molecule has 0 radical (unpaired) electrons. The molecule has 0 aromatic carbocycles. The topological polar surface area (TPSA) is 0 Å². The summed E-state index contributed by atoms with van der Waals surface area (Å²) >= 11 is 0. The number of rotatable bonds is 0. The Morgan fingerprint density at radius 1 is 0.500 bits per heavy atom. The fraction of sp³-hybridized carbons (Fsp3) is 0. The zero-order valence-electron chi connectivity index (χ0n) is 2.93. The van der Waals surface area contributed by atoms with Gasteiger partial charge in [-0.15, -0.1) is 0 Å². The molecule has 0 atom stereocenters. The number of halogens is 4. The van der Waals surface area contributed by atoms with Gasteiger partial charge in [0.1, 0.15) is 0 Å². The summed E-state index contributed by atoms with van der Waals surface area (Å²) in [5.41, 5.74) is 0. The van der Waals surface area contributed by atoms with Crippen molar-refractivity contribution in [3.05, 3.63) is 0 Å². The van der Waals surface area contributed by atoms with Crippen LogP contribution in [0.3, 0.4) is 0 Å². The fourth-order valence-corrected chi connectivity index (χ4v) is 0. The average Bonchev–Trinajstić information content (AvgIpc) is 0. The Balaban J connectivity index is 0. The van der Waals surface area contributed by atoms with E-state index in [2.05, 4.69) is 0 Å². The zero-order chi connectivity index (χ0) is 0. The molecule has 0 aromatic heterocycles. The van der Waals surface area contributed by atoms with Crippen LogP contribution in [0.1, 0.15) is 0 Å². The van der Waals surface area contributed by atoms with E-state index in [-0.39, 0.29) is 115 Å². The molecule has 0 saturated heterocycles. The Morgan fingerprint density at radius 3 is 0.500 bits per heavy atom. The molecule has 6 heteroatoms. The molecule has 0 N–H and O–H groups in total. The van der Waals surface area contributed by atoms with Crippen molar-refractivity contribution in [2.24, 2.45) is 0 Å². The Labute approximate surface area is 112 Å².